The van der Waals surface area contributed by atoms with Crippen LogP contribution in [0.1, 0.15) is 50.7 Å². The lowest BCUT2D eigenvalue weighted by atomic mass is 9.65. The molecular weight excluding hydrogens is 498 g/mol. The first-order valence-corrected chi connectivity index (χ1v) is 13.6. The standard InChI is InChI=1S/C31H34F2N4O2/c1-30(2)19-37(18-20-7-4-3-5-8-20)14-11-27(30)34-25-17-22(36-39-26-10-9-21(32)15-24(26)33)16-23-28(25)35-29(38)31(23)12-6-13-31/h3-5,7-10,15-17,27,34,36H,6,11-14,18-19H2,1-2H3,(H,35,38). The van der Waals surface area contributed by atoms with Gasteiger partial charge in [0.1, 0.15) is 5.82 Å². The normalized spacial score (nSPS) is 21.1. The van der Waals surface area contributed by atoms with Crippen molar-refractivity contribution in [2.45, 2.75) is 57.5 Å². The molecular formula is C31H34F2N4O2. The molecule has 3 aliphatic rings. The first kappa shape index (κ1) is 25.6. The summed E-state index contributed by atoms with van der Waals surface area (Å²) >= 11 is 0. The van der Waals surface area contributed by atoms with Crippen molar-refractivity contribution in [1.29, 1.82) is 0 Å². The highest BCUT2D eigenvalue weighted by Crippen LogP contribution is 2.54. The number of hydrogen-bond donors (Lipinski definition) is 3. The van der Waals surface area contributed by atoms with Gasteiger partial charge in [0, 0.05) is 31.7 Å². The van der Waals surface area contributed by atoms with Crippen LogP contribution in [0.3, 0.4) is 0 Å². The number of nitrogens with zero attached hydrogens (tertiary/aromatic N) is 1. The summed E-state index contributed by atoms with van der Waals surface area (Å²) in [7, 11) is 0. The van der Waals surface area contributed by atoms with E-state index < -0.39 is 17.0 Å². The second-order valence-corrected chi connectivity index (χ2v) is 11.8. The Morgan fingerprint density at radius 2 is 1.87 bits per heavy atom. The van der Waals surface area contributed by atoms with E-state index in [9.17, 15) is 13.6 Å². The van der Waals surface area contributed by atoms with E-state index in [4.69, 9.17) is 4.84 Å². The Balaban J connectivity index is 1.25. The second-order valence-electron chi connectivity index (χ2n) is 11.8. The molecule has 1 unspecified atom stereocenters. The van der Waals surface area contributed by atoms with E-state index in [0.717, 1.165) is 74.4 Å². The monoisotopic (exact) mass is 532 g/mol. The number of carbonyl (C=O) groups is 1. The summed E-state index contributed by atoms with van der Waals surface area (Å²) in [5, 5.41) is 6.91. The van der Waals surface area contributed by atoms with E-state index in [1.165, 1.54) is 11.6 Å². The fraction of sp³-hybridized carbons (Fsp3) is 0.387. The van der Waals surface area contributed by atoms with Gasteiger partial charge in [0.2, 0.25) is 5.91 Å². The number of halogens is 2. The fourth-order valence-corrected chi connectivity index (χ4v) is 6.28. The molecule has 3 N–H and O–H groups in total. The molecule has 6 rings (SSSR count). The molecule has 0 bridgehead atoms. The van der Waals surface area contributed by atoms with Crippen molar-refractivity contribution in [2.24, 2.45) is 5.41 Å². The predicted molar refractivity (Wildman–Crippen MR) is 149 cm³/mol. The molecule has 1 spiro atoms. The van der Waals surface area contributed by atoms with Crippen molar-refractivity contribution in [2.75, 3.05) is 29.2 Å². The maximum absolute atomic E-state index is 14.2. The Labute approximate surface area is 227 Å². The summed E-state index contributed by atoms with van der Waals surface area (Å²) in [6.07, 6.45) is 3.54. The van der Waals surface area contributed by atoms with Gasteiger partial charge in [-0.1, -0.05) is 50.6 Å². The summed E-state index contributed by atoms with van der Waals surface area (Å²) < 4.78 is 27.5. The number of rotatable bonds is 7. The van der Waals surface area contributed by atoms with E-state index in [-0.39, 0.29) is 23.1 Å². The second kappa shape index (κ2) is 9.83. The minimum Gasteiger partial charge on any atom is -0.380 e. The molecule has 1 atom stereocenters. The summed E-state index contributed by atoms with van der Waals surface area (Å²) in [4.78, 5) is 21.1. The zero-order valence-electron chi connectivity index (χ0n) is 22.3. The largest absolute Gasteiger partial charge is 0.380 e. The maximum atomic E-state index is 14.2. The van der Waals surface area contributed by atoms with Crippen molar-refractivity contribution in [3.8, 4) is 5.75 Å². The molecule has 8 heteroatoms. The van der Waals surface area contributed by atoms with Gasteiger partial charge in [-0.2, -0.15) is 0 Å². The summed E-state index contributed by atoms with van der Waals surface area (Å²) in [5.41, 5.74) is 6.76. The maximum Gasteiger partial charge on any atom is 0.235 e. The van der Waals surface area contributed by atoms with E-state index in [1.807, 2.05) is 18.2 Å². The van der Waals surface area contributed by atoms with Crippen LogP contribution in [-0.4, -0.2) is 29.9 Å². The molecule has 0 radical (unpaired) electrons. The minimum absolute atomic E-state index is 0.0337. The third-order valence-electron chi connectivity index (χ3n) is 8.59. The van der Waals surface area contributed by atoms with E-state index in [2.05, 4.69) is 59.1 Å². The molecule has 6 nitrogen and oxygen atoms in total. The molecule has 1 saturated heterocycles. The van der Waals surface area contributed by atoms with Gasteiger partial charge in [-0.05, 0) is 60.1 Å². The highest BCUT2D eigenvalue weighted by molar-refractivity contribution is 6.10. The fourth-order valence-electron chi connectivity index (χ4n) is 6.28. The molecule has 1 saturated carbocycles. The number of fused-ring (bicyclic) bond motifs is 2. The van der Waals surface area contributed by atoms with Crippen molar-refractivity contribution >= 4 is 23.0 Å². The van der Waals surface area contributed by atoms with Gasteiger partial charge in [0.15, 0.2) is 11.6 Å². The number of benzene rings is 3. The topological polar surface area (TPSA) is 65.6 Å². The molecule has 3 aromatic rings. The smallest absolute Gasteiger partial charge is 0.235 e. The Morgan fingerprint density at radius 3 is 2.56 bits per heavy atom. The van der Waals surface area contributed by atoms with Crippen molar-refractivity contribution in [1.82, 2.24) is 4.90 Å². The number of hydrogen-bond acceptors (Lipinski definition) is 5. The van der Waals surface area contributed by atoms with Crippen LogP contribution in [0.2, 0.25) is 0 Å². The minimum atomic E-state index is -0.793. The lowest BCUT2D eigenvalue weighted by Crippen LogP contribution is -2.51. The SMILES string of the molecule is CC1(C)CN(Cc2ccccc2)CCC1Nc1cc(NOc2ccc(F)cc2F)cc2c1NC(=O)C21CCC1. The number of nitrogens with one attached hydrogen (secondary N) is 3. The van der Waals surface area contributed by atoms with Gasteiger partial charge in [-0.15, -0.1) is 0 Å². The summed E-state index contributed by atoms with van der Waals surface area (Å²) in [6, 6.07) is 17.7. The first-order valence-electron chi connectivity index (χ1n) is 13.6. The molecule has 1 aliphatic carbocycles. The molecule has 1 amide bonds. The molecule has 39 heavy (non-hydrogen) atoms. The quantitative estimate of drug-likeness (QED) is 0.305. The number of piperidine rings is 1. The summed E-state index contributed by atoms with van der Waals surface area (Å²) in [5.74, 6) is -1.53. The van der Waals surface area contributed by atoms with E-state index >= 15 is 0 Å². The van der Waals surface area contributed by atoms with Crippen LogP contribution >= 0.6 is 0 Å². The van der Waals surface area contributed by atoms with Crippen LogP contribution in [0.4, 0.5) is 25.8 Å². The van der Waals surface area contributed by atoms with Gasteiger partial charge in [0.05, 0.1) is 22.5 Å². The molecule has 0 aromatic heterocycles. The number of amides is 1. The van der Waals surface area contributed by atoms with Crippen molar-refractivity contribution in [3.63, 3.8) is 0 Å². The van der Waals surface area contributed by atoms with Crippen LogP contribution in [0, 0.1) is 17.0 Å². The Hall–Kier alpha value is -3.65. The van der Waals surface area contributed by atoms with E-state index in [0.29, 0.717) is 5.69 Å². The number of likely N-dealkylation sites (tertiary alicyclic amines) is 1. The zero-order valence-corrected chi connectivity index (χ0v) is 22.3. The Bertz CT molecular complexity index is 1390. The van der Waals surface area contributed by atoms with Gasteiger partial charge in [-0.25, -0.2) is 14.3 Å². The molecule has 2 aliphatic heterocycles. The van der Waals surface area contributed by atoms with Crippen LogP contribution in [-0.2, 0) is 16.8 Å². The lowest BCUT2D eigenvalue weighted by Gasteiger charge is -2.45. The lowest BCUT2D eigenvalue weighted by molar-refractivity contribution is -0.123. The molecule has 2 fully saturated rings. The van der Waals surface area contributed by atoms with Gasteiger partial charge < -0.3 is 15.5 Å². The molecule has 204 valence electrons. The Kier molecular flexibility index (Phi) is 6.46. The van der Waals surface area contributed by atoms with Crippen LogP contribution in [0.15, 0.2) is 60.7 Å². The molecule has 3 aromatic carbocycles. The third kappa shape index (κ3) is 4.82. The first-order chi connectivity index (χ1) is 18.7. The van der Waals surface area contributed by atoms with Crippen LogP contribution in [0.5, 0.6) is 5.75 Å². The summed E-state index contributed by atoms with van der Waals surface area (Å²) in [6.45, 7) is 7.36. The number of carbonyl (C=O) groups excluding carboxylic acids is 1. The average Bonchev–Trinajstić information content (AvgIpc) is 3.18. The van der Waals surface area contributed by atoms with Crippen LogP contribution < -0.4 is 21.0 Å². The zero-order chi connectivity index (χ0) is 27.2. The third-order valence-corrected chi connectivity index (χ3v) is 8.59. The predicted octanol–water partition coefficient (Wildman–Crippen LogP) is 6.46. The van der Waals surface area contributed by atoms with Gasteiger partial charge in [-0.3, -0.25) is 9.69 Å². The average molecular weight is 533 g/mol. The van der Waals surface area contributed by atoms with Crippen LogP contribution in [0.25, 0.3) is 0 Å². The van der Waals surface area contributed by atoms with Gasteiger partial charge >= 0.3 is 0 Å². The highest BCUT2D eigenvalue weighted by atomic mass is 19.1. The van der Waals surface area contributed by atoms with Crippen molar-refractivity contribution in [3.05, 3.63) is 83.4 Å². The number of anilines is 3. The Morgan fingerprint density at radius 1 is 1.08 bits per heavy atom. The van der Waals surface area contributed by atoms with Crippen molar-refractivity contribution < 1.29 is 18.4 Å². The van der Waals surface area contributed by atoms with E-state index in [1.54, 1.807) is 0 Å². The molecule has 2 heterocycles. The van der Waals surface area contributed by atoms with Gasteiger partial charge in [0.25, 0.3) is 0 Å². The highest BCUT2D eigenvalue weighted by Gasteiger charge is 2.52.